The van der Waals surface area contributed by atoms with Gasteiger partial charge < -0.3 is 4.90 Å². The highest BCUT2D eigenvalue weighted by Gasteiger charge is 2.28. The van der Waals surface area contributed by atoms with Gasteiger partial charge in [-0.15, -0.1) is 0 Å². The molecule has 0 aromatic heterocycles. The van der Waals surface area contributed by atoms with Crippen LogP contribution in [0.2, 0.25) is 5.02 Å². The van der Waals surface area contributed by atoms with Gasteiger partial charge in [-0.3, -0.25) is 0 Å². The molecule has 3 heteroatoms. The number of nitrogens with one attached hydrogen (secondary N) is 1. The van der Waals surface area contributed by atoms with Crippen molar-refractivity contribution in [1.29, 1.82) is 0 Å². The average Bonchev–Trinajstić information content (AvgIpc) is 2.65. The maximum absolute atomic E-state index is 6.22. The normalized spacial score (nSPS) is 17.2. The quantitative estimate of drug-likeness (QED) is 0.896. The Bertz CT molecular complexity index is 637. The molecule has 1 heterocycles. The van der Waals surface area contributed by atoms with E-state index in [1.165, 1.54) is 20.9 Å². The zero-order valence-corrected chi connectivity index (χ0v) is 14.1. The van der Waals surface area contributed by atoms with Crippen molar-refractivity contribution in [2.75, 3.05) is 13.1 Å². The van der Waals surface area contributed by atoms with Crippen molar-refractivity contribution < 1.29 is 4.90 Å². The van der Waals surface area contributed by atoms with Crippen molar-refractivity contribution in [2.24, 2.45) is 0 Å². The number of hydrogen-bond acceptors (Lipinski definition) is 1. The summed E-state index contributed by atoms with van der Waals surface area (Å²) in [6, 6.07) is 15.7. The van der Waals surface area contributed by atoms with E-state index in [-0.39, 0.29) is 0 Å². The van der Waals surface area contributed by atoms with E-state index in [1.807, 2.05) is 17.8 Å². The minimum Gasteiger partial charge on any atom is -0.329 e. The van der Waals surface area contributed by atoms with Gasteiger partial charge in [0, 0.05) is 26.8 Å². The van der Waals surface area contributed by atoms with Gasteiger partial charge in [0.1, 0.15) is 6.04 Å². The number of quaternary nitrogens is 1. The van der Waals surface area contributed by atoms with E-state index >= 15 is 0 Å². The second kappa shape index (κ2) is 6.43. The fourth-order valence-electron chi connectivity index (χ4n) is 3.22. The lowest BCUT2D eigenvalue weighted by Gasteiger charge is -2.27. The van der Waals surface area contributed by atoms with Crippen molar-refractivity contribution in [3.05, 3.63) is 58.6 Å². The predicted molar refractivity (Wildman–Crippen MR) is 90.5 cm³/mol. The number of hydrogen-bond donors (Lipinski definition) is 1. The van der Waals surface area contributed by atoms with Crippen LogP contribution in [0.4, 0.5) is 0 Å². The Morgan fingerprint density at radius 3 is 2.62 bits per heavy atom. The molecule has 0 fully saturated rings. The summed E-state index contributed by atoms with van der Waals surface area (Å²) in [7, 11) is 0. The lowest BCUT2D eigenvalue weighted by atomic mass is 9.97. The van der Waals surface area contributed by atoms with Crippen LogP contribution < -0.4 is 4.90 Å². The summed E-state index contributed by atoms with van der Waals surface area (Å²) in [4.78, 5) is 4.37. The third kappa shape index (κ3) is 2.98. The molecular weight excluding hydrogens is 298 g/mol. The molecule has 1 nitrogen and oxygen atoms in total. The van der Waals surface area contributed by atoms with Gasteiger partial charge in [0.05, 0.1) is 13.1 Å². The molecule has 0 saturated heterocycles. The highest BCUT2D eigenvalue weighted by atomic mass is 35.5. The van der Waals surface area contributed by atoms with E-state index in [0.717, 1.165) is 24.5 Å². The summed E-state index contributed by atoms with van der Waals surface area (Å²) >= 11 is 8.10. The van der Waals surface area contributed by atoms with Crippen molar-refractivity contribution >= 4 is 23.4 Å². The first kappa shape index (κ1) is 15.0. The molecule has 0 saturated carbocycles. The van der Waals surface area contributed by atoms with Gasteiger partial charge in [0.25, 0.3) is 0 Å². The van der Waals surface area contributed by atoms with Crippen LogP contribution in [0.3, 0.4) is 0 Å². The van der Waals surface area contributed by atoms with Gasteiger partial charge in [-0.05, 0) is 43.7 Å². The average molecular weight is 319 g/mol. The maximum atomic E-state index is 6.22. The largest absolute Gasteiger partial charge is 0.329 e. The van der Waals surface area contributed by atoms with E-state index in [1.54, 1.807) is 4.90 Å². The van der Waals surface area contributed by atoms with E-state index in [4.69, 9.17) is 11.6 Å². The second-order valence-electron chi connectivity index (χ2n) is 5.51. The number of halogens is 1. The number of fused-ring (bicyclic) bond motifs is 2. The fraction of sp³-hybridized carbons (Fsp3) is 0.333. The summed E-state index contributed by atoms with van der Waals surface area (Å²) in [5.74, 6) is 0. The predicted octanol–water partition coefficient (Wildman–Crippen LogP) is 4.01. The zero-order valence-electron chi connectivity index (χ0n) is 12.5. The molecule has 2 aromatic rings. The van der Waals surface area contributed by atoms with Crippen LogP contribution >= 0.6 is 23.4 Å². The molecule has 0 unspecified atom stereocenters. The molecule has 0 aliphatic carbocycles. The minimum atomic E-state index is 0.517. The molecule has 0 spiro atoms. The van der Waals surface area contributed by atoms with Crippen LogP contribution in [-0.4, -0.2) is 13.1 Å². The standard InChI is InChI=1S/C18H20ClNS/c1-3-20(4-2)16-12-13-11-14(19)9-10-17(13)21-18-8-6-5-7-15(16)18/h5-11,16H,3-4,12H2,1-2H3/p+1/t16-/m1/s1. The second-order valence-corrected chi connectivity index (χ2v) is 7.03. The number of benzene rings is 2. The SMILES string of the molecule is CC[NH+](CC)[C@@H]1Cc2cc(Cl)ccc2Sc2ccccc21. The first-order valence-electron chi connectivity index (χ1n) is 7.62. The van der Waals surface area contributed by atoms with E-state index in [9.17, 15) is 0 Å². The Kier molecular flexibility index (Phi) is 4.58. The fourth-order valence-corrected chi connectivity index (χ4v) is 4.54. The van der Waals surface area contributed by atoms with Gasteiger partial charge in [0.2, 0.25) is 0 Å². The zero-order chi connectivity index (χ0) is 14.8. The van der Waals surface area contributed by atoms with Crippen molar-refractivity contribution in [3.63, 3.8) is 0 Å². The monoisotopic (exact) mass is 318 g/mol. The molecule has 21 heavy (non-hydrogen) atoms. The third-order valence-corrected chi connectivity index (χ3v) is 5.81. The van der Waals surface area contributed by atoms with Gasteiger partial charge in [-0.2, -0.15) is 0 Å². The smallest absolute Gasteiger partial charge is 0.118 e. The van der Waals surface area contributed by atoms with Gasteiger partial charge in [-0.1, -0.05) is 41.6 Å². The Balaban J connectivity index is 2.11. The first-order valence-corrected chi connectivity index (χ1v) is 8.82. The summed E-state index contributed by atoms with van der Waals surface area (Å²) in [6.45, 7) is 6.85. The highest BCUT2D eigenvalue weighted by molar-refractivity contribution is 7.99. The van der Waals surface area contributed by atoms with Crippen LogP contribution in [0.15, 0.2) is 52.3 Å². The molecule has 1 aliphatic heterocycles. The molecule has 110 valence electrons. The van der Waals surface area contributed by atoms with Crippen molar-refractivity contribution in [2.45, 2.75) is 36.1 Å². The molecule has 1 atom stereocenters. The van der Waals surface area contributed by atoms with Crippen molar-refractivity contribution in [1.82, 2.24) is 0 Å². The Morgan fingerprint density at radius 1 is 1.10 bits per heavy atom. The molecule has 0 amide bonds. The van der Waals surface area contributed by atoms with E-state index < -0.39 is 0 Å². The van der Waals surface area contributed by atoms with Gasteiger partial charge in [-0.25, -0.2) is 0 Å². The van der Waals surface area contributed by atoms with Crippen LogP contribution in [0.25, 0.3) is 0 Å². The summed E-state index contributed by atoms with van der Waals surface area (Å²) in [5.41, 5.74) is 2.86. The van der Waals surface area contributed by atoms with Gasteiger partial charge >= 0.3 is 0 Å². The van der Waals surface area contributed by atoms with E-state index in [0.29, 0.717) is 6.04 Å². The first-order chi connectivity index (χ1) is 10.2. The topological polar surface area (TPSA) is 4.44 Å². The molecule has 0 radical (unpaired) electrons. The molecule has 1 aliphatic rings. The van der Waals surface area contributed by atoms with Gasteiger partial charge in [0.15, 0.2) is 0 Å². The number of likely N-dealkylation sites (N-methyl/N-ethyl adjacent to an activating group) is 1. The Hall–Kier alpha value is -0.960. The van der Waals surface area contributed by atoms with Crippen LogP contribution in [0, 0.1) is 0 Å². The van der Waals surface area contributed by atoms with Crippen LogP contribution in [0.1, 0.15) is 31.0 Å². The molecule has 0 bridgehead atoms. The van der Waals surface area contributed by atoms with Crippen molar-refractivity contribution in [3.8, 4) is 0 Å². The lowest BCUT2D eigenvalue weighted by molar-refractivity contribution is -0.928. The molecule has 1 N–H and O–H groups in total. The molecular formula is C18H21ClNS+. The van der Waals surface area contributed by atoms with E-state index in [2.05, 4.69) is 50.2 Å². The highest BCUT2D eigenvalue weighted by Crippen LogP contribution is 2.40. The van der Waals surface area contributed by atoms with Crippen LogP contribution in [-0.2, 0) is 6.42 Å². The Labute approximate surface area is 136 Å². The lowest BCUT2D eigenvalue weighted by Crippen LogP contribution is -3.12. The summed E-state index contributed by atoms with van der Waals surface area (Å²) in [6.07, 6.45) is 1.07. The number of rotatable bonds is 3. The third-order valence-electron chi connectivity index (χ3n) is 4.36. The maximum Gasteiger partial charge on any atom is 0.118 e. The Morgan fingerprint density at radius 2 is 1.86 bits per heavy atom. The summed E-state index contributed by atoms with van der Waals surface area (Å²) < 4.78 is 0. The summed E-state index contributed by atoms with van der Waals surface area (Å²) in [5, 5.41) is 0.841. The van der Waals surface area contributed by atoms with Crippen LogP contribution in [0.5, 0.6) is 0 Å². The minimum absolute atomic E-state index is 0.517. The molecule has 3 rings (SSSR count). The molecule has 2 aromatic carbocycles.